The minimum absolute atomic E-state index is 0.617. The van der Waals surface area contributed by atoms with Crippen LogP contribution >= 0.6 is 0 Å². The first kappa shape index (κ1) is 10.1. The standard InChI is InChI=1S/C11H16N2O2/c1-8-6-10-11(15-5-4-14-10)7-9(8)13-3-2-12/h6-7,13H,2-5,12H2,1H3. The van der Waals surface area contributed by atoms with Crippen LogP contribution in [0, 0.1) is 6.92 Å². The zero-order valence-corrected chi connectivity index (χ0v) is 8.88. The second-order valence-corrected chi connectivity index (χ2v) is 3.53. The molecule has 0 unspecified atom stereocenters. The van der Waals surface area contributed by atoms with E-state index in [4.69, 9.17) is 15.2 Å². The molecule has 1 aromatic rings. The second-order valence-electron chi connectivity index (χ2n) is 3.53. The molecule has 15 heavy (non-hydrogen) atoms. The van der Waals surface area contributed by atoms with Crippen LogP contribution in [0.2, 0.25) is 0 Å². The zero-order valence-electron chi connectivity index (χ0n) is 8.88. The monoisotopic (exact) mass is 208 g/mol. The largest absolute Gasteiger partial charge is 0.486 e. The van der Waals surface area contributed by atoms with E-state index in [9.17, 15) is 0 Å². The Morgan fingerprint density at radius 2 is 1.93 bits per heavy atom. The van der Waals surface area contributed by atoms with E-state index in [1.165, 1.54) is 0 Å². The summed E-state index contributed by atoms with van der Waals surface area (Å²) in [5.74, 6) is 1.64. The number of aryl methyl sites for hydroxylation is 1. The van der Waals surface area contributed by atoms with E-state index in [0.29, 0.717) is 19.8 Å². The van der Waals surface area contributed by atoms with Gasteiger partial charge in [0.25, 0.3) is 0 Å². The molecule has 1 aliphatic rings. The number of ether oxygens (including phenoxy) is 2. The van der Waals surface area contributed by atoms with Crippen molar-refractivity contribution in [2.45, 2.75) is 6.92 Å². The third-order valence-corrected chi connectivity index (χ3v) is 2.35. The van der Waals surface area contributed by atoms with Crippen molar-refractivity contribution in [3.05, 3.63) is 17.7 Å². The summed E-state index contributed by atoms with van der Waals surface area (Å²) in [7, 11) is 0. The molecule has 0 fully saturated rings. The van der Waals surface area contributed by atoms with Crippen molar-refractivity contribution in [2.75, 3.05) is 31.6 Å². The van der Waals surface area contributed by atoms with Gasteiger partial charge in [-0.05, 0) is 18.6 Å². The molecule has 1 aliphatic heterocycles. The van der Waals surface area contributed by atoms with Gasteiger partial charge in [0.1, 0.15) is 13.2 Å². The molecule has 82 valence electrons. The summed E-state index contributed by atoms with van der Waals surface area (Å²) in [6.07, 6.45) is 0. The van der Waals surface area contributed by atoms with Crippen molar-refractivity contribution in [1.82, 2.24) is 0 Å². The molecule has 1 heterocycles. The van der Waals surface area contributed by atoms with Gasteiger partial charge in [0.05, 0.1) is 0 Å². The third kappa shape index (κ3) is 2.15. The highest BCUT2D eigenvalue weighted by molar-refractivity contribution is 5.60. The summed E-state index contributed by atoms with van der Waals surface area (Å²) in [5.41, 5.74) is 7.65. The maximum Gasteiger partial charge on any atom is 0.163 e. The topological polar surface area (TPSA) is 56.5 Å². The highest BCUT2D eigenvalue weighted by Gasteiger charge is 2.13. The van der Waals surface area contributed by atoms with Crippen LogP contribution in [0.4, 0.5) is 5.69 Å². The Kier molecular flexibility index (Phi) is 2.97. The van der Waals surface area contributed by atoms with Crippen LogP contribution in [-0.4, -0.2) is 26.3 Å². The van der Waals surface area contributed by atoms with Gasteiger partial charge < -0.3 is 20.5 Å². The fraction of sp³-hybridized carbons (Fsp3) is 0.455. The molecule has 0 atom stereocenters. The van der Waals surface area contributed by atoms with Crippen LogP contribution in [0.25, 0.3) is 0 Å². The average molecular weight is 208 g/mol. The lowest BCUT2D eigenvalue weighted by atomic mass is 10.1. The highest BCUT2D eigenvalue weighted by Crippen LogP contribution is 2.35. The first-order valence-electron chi connectivity index (χ1n) is 5.15. The second kappa shape index (κ2) is 4.40. The van der Waals surface area contributed by atoms with Crippen LogP contribution in [0.3, 0.4) is 0 Å². The fourth-order valence-electron chi connectivity index (χ4n) is 1.59. The Morgan fingerprint density at radius 3 is 2.60 bits per heavy atom. The van der Waals surface area contributed by atoms with Crippen LogP contribution in [0.1, 0.15) is 5.56 Å². The first-order chi connectivity index (χ1) is 7.31. The van der Waals surface area contributed by atoms with Gasteiger partial charge in [-0.1, -0.05) is 0 Å². The first-order valence-corrected chi connectivity index (χ1v) is 5.15. The predicted octanol–water partition coefficient (Wildman–Crippen LogP) is 1.14. The smallest absolute Gasteiger partial charge is 0.163 e. The van der Waals surface area contributed by atoms with Crippen molar-refractivity contribution in [1.29, 1.82) is 0 Å². The molecule has 0 aliphatic carbocycles. The van der Waals surface area contributed by atoms with Crippen LogP contribution in [0.5, 0.6) is 11.5 Å². The van der Waals surface area contributed by atoms with Crippen LogP contribution in [-0.2, 0) is 0 Å². The van der Waals surface area contributed by atoms with E-state index >= 15 is 0 Å². The molecule has 2 rings (SSSR count). The Bertz CT molecular complexity index is 353. The van der Waals surface area contributed by atoms with E-state index in [1.807, 2.05) is 19.1 Å². The van der Waals surface area contributed by atoms with E-state index in [2.05, 4.69) is 5.32 Å². The molecule has 0 radical (unpaired) electrons. The normalized spacial score (nSPS) is 13.7. The Hall–Kier alpha value is -1.42. The minimum Gasteiger partial charge on any atom is -0.486 e. The number of rotatable bonds is 3. The molecule has 4 heteroatoms. The molecule has 1 aromatic carbocycles. The van der Waals surface area contributed by atoms with Crippen molar-refractivity contribution < 1.29 is 9.47 Å². The summed E-state index contributed by atoms with van der Waals surface area (Å²) in [4.78, 5) is 0. The molecule has 0 amide bonds. The Morgan fingerprint density at radius 1 is 1.27 bits per heavy atom. The van der Waals surface area contributed by atoms with Crippen LogP contribution < -0.4 is 20.5 Å². The lowest BCUT2D eigenvalue weighted by Gasteiger charge is -2.20. The number of anilines is 1. The number of hydrogen-bond donors (Lipinski definition) is 2. The van der Waals surface area contributed by atoms with Gasteiger partial charge in [-0.25, -0.2) is 0 Å². The summed E-state index contributed by atoms with van der Waals surface area (Å²) in [6, 6.07) is 3.97. The molecule has 0 aromatic heterocycles. The molecule has 4 nitrogen and oxygen atoms in total. The summed E-state index contributed by atoms with van der Waals surface area (Å²) >= 11 is 0. The van der Waals surface area contributed by atoms with Crippen molar-refractivity contribution >= 4 is 5.69 Å². The van der Waals surface area contributed by atoms with E-state index < -0.39 is 0 Å². The average Bonchev–Trinajstić information content (AvgIpc) is 2.26. The SMILES string of the molecule is Cc1cc2c(cc1NCCN)OCCO2. The van der Waals surface area contributed by atoms with Crippen LogP contribution in [0.15, 0.2) is 12.1 Å². The summed E-state index contributed by atoms with van der Waals surface area (Å²) < 4.78 is 11.0. The number of fused-ring (bicyclic) bond motifs is 1. The molecule has 0 saturated carbocycles. The predicted molar refractivity (Wildman–Crippen MR) is 59.7 cm³/mol. The van der Waals surface area contributed by atoms with Gasteiger partial charge in [-0.15, -0.1) is 0 Å². The van der Waals surface area contributed by atoms with Crippen molar-refractivity contribution in [3.63, 3.8) is 0 Å². The van der Waals surface area contributed by atoms with Crippen molar-refractivity contribution in [3.8, 4) is 11.5 Å². The van der Waals surface area contributed by atoms with E-state index in [0.717, 1.165) is 29.3 Å². The molecular weight excluding hydrogens is 192 g/mol. The molecular formula is C11H16N2O2. The maximum atomic E-state index is 5.50. The van der Waals surface area contributed by atoms with Gasteiger partial charge in [0.2, 0.25) is 0 Å². The van der Waals surface area contributed by atoms with Crippen molar-refractivity contribution in [2.24, 2.45) is 5.73 Å². The molecule has 3 N–H and O–H groups in total. The Labute approximate surface area is 89.4 Å². The summed E-state index contributed by atoms with van der Waals surface area (Å²) in [6.45, 7) is 4.67. The minimum atomic E-state index is 0.617. The molecule has 0 spiro atoms. The Balaban J connectivity index is 2.24. The third-order valence-electron chi connectivity index (χ3n) is 2.35. The van der Waals surface area contributed by atoms with Gasteiger partial charge in [0.15, 0.2) is 11.5 Å². The number of benzene rings is 1. The van der Waals surface area contributed by atoms with Gasteiger partial charge >= 0.3 is 0 Å². The number of nitrogens with two attached hydrogens (primary N) is 1. The van der Waals surface area contributed by atoms with Gasteiger partial charge in [-0.2, -0.15) is 0 Å². The lowest BCUT2D eigenvalue weighted by molar-refractivity contribution is 0.171. The highest BCUT2D eigenvalue weighted by atomic mass is 16.6. The van der Waals surface area contributed by atoms with Gasteiger partial charge in [0, 0.05) is 24.8 Å². The number of hydrogen-bond acceptors (Lipinski definition) is 4. The molecule has 0 saturated heterocycles. The molecule has 0 bridgehead atoms. The summed E-state index contributed by atoms with van der Waals surface area (Å²) in [5, 5.41) is 3.25. The quantitative estimate of drug-likeness (QED) is 0.782. The maximum absolute atomic E-state index is 5.50. The lowest BCUT2D eigenvalue weighted by Crippen LogP contribution is -2.17. The van der Waals surface area contributed by atoms with E-state index in [1.54, 1.807) is 0 Å². The van der Waals surface area contributed by atoms with E-state index in [-0.39, 0.29) is 0 Å². The zero-order chi connectivity index (χ0) is 10.7. The fourth-order valence-corrected chi connectivity index (χ4v) is 1.59. The number of nitrogens with one attached hydrogen (secondary N) is 1. The van der Waals surface area contributed by atoms with Gasteiger partial charge in [-0.3, -0.25) is 0 Å².